The first-order valence-electron chi connectivity index (χ1n) is 6.01. The van der Waals surface area contributed by atoms with E-state index in [4.69, 9.17) is 9.63 Å². The SMILES string of the molecule is Cc1ccc(-c2cc(CSCCCO)on2)cc1. The molecule has 0 fully saturated rings. The maximum atomic E-state index is 8.69. The number of aromatic nitrogens is 1. The van der Waals surface area contributed by atoms with E-state index in [1.165, 1.54) is 5.56 Å². The van der Waals surface area contributed by atoms with Crippen molar-refractivity contribution in [3.8, 4) is 11.3 Å². The van der Waals surface area contributed by atoms with Crippen molar-refractivity contribution < 1.29 is 9.63 Å². The van der Waals surface area contributed by atoms with Gasteiger partial charge in [-0.1, -0.05) is 35.0 Å². The third-order valence-electron chi connectivity index (χ3n) is 2.60. The van der Waals surface area contributed by atoms with Gasteiger partial charge in [0.2, 0.25) is 0 Å². The Morgan fingerprint density at radius 1 is 1.28 bits per heavy atom. The fraction of sp³-hybridized carbons (Fsp3) is 0.357. The predicted molar refractivity (Wildman–Crippen MR) is 74.5 cm³/mol. The third-order valence-corrected chi connectivity index (χ3v) is 3.66. The molecular weight excluding hydrogens is 246 g/mol. The van der Waals surface area contributed by atoms with Gasteiger partial charge in [0.15, 0.2) is 0 Å². The molecule has 0 saturated heterocycles. The lowest BCUT2D eigenvalue weighted by Gasteiger charge is -1.96. The summed E-state index contributed by atoms with van der Waals surface area (Å²) >= 11 is 1.75. The molecule has 0 radical (unpaired) electrons. The Morgan fingerprint density at radius 3 is 2.78 bits per heavy atom. The Morgan fingerprint density at radius 2 is 2.06 bits per heavy atom. The number of hydrogen-bond donors (Lipinski definition) is 1. The van der Waals surface area contributed by atoms with E-state index in [9.17, 15) is 0 Å². The summed E-state index contributed by atoms with van der Waals surface area (Å²) in [6.45, 7) is 2.31. The molecule has 0 bridgehead atoms. The first-order chi connectivity index (χ1) is 8.79. The van der Waals surface area contributed by atoms with Crippen LogP contribution >= 0.6 is 11.8 Å². The Bertz CT molecular complexity index is 479. The lowest BCUT2D eigenvalue weighted by Crippen LogP contribution is -1.86. The van der Waals surface area contributed by atoms with Crippen LogP contribution < -0.4 is 0 Å². The smallest absolute Gasteiger partial charge is 0.147 e. The first-order valence-corrected chi connectivity index (χ1v) is 7.16. The zero-order chi connectivity index (χ0) is 12.8. The molecule has 0 amide bonds. The third kappa shape index (κ3) is 3.62. The molecule has 0 atom stereocenters. The van der Waals surface area contributed by atoms with E-state index in [0.29, 0.717) is 0 Å². The molecule has 1 heterocycles. The Hall–Kier alpha value is -1.26. The lowest BCUT2D eigenvalue weighted by atomic mass is 10.1. The van der Waals surface area contributed by atoms with E-state index in [2.05, 4.69) is 36.3 Å². The lowest BCUT2D eigenvalue weighted by molar-refractivity contribution is 0.296. The van der Waals surface area contributed by atoms with Crippen LogP contribution in [0.2, 0.25) is 0 Å². The Labute approximate surface area is 111 Å². The first kappa shape index (κ1) is 13.2. The summed E-state index contributed by atoms with van der Waals surface area (Å²) in [6.07, 6.45) is 0.823. The van der Waals surface area contributed by atoms with Crippen molar-refractivity contribution in [3.05, 3.63) is 41.7 Å². The van der Waals surface area contributed by atoms with Crippen LogP contribution in [0.4, 0.5) is 0 Å². The highest BCUT2D eigenvalue weighted by atomic mass is 32.2. The van der Waals surface area contributed by atoms with Crippen molar-refractivity contribution in [1.82, 2.24) is 5.16 Å². The topological polar surface area (TPSA) is 46.3 Å². The molecule has 0 unspecified atom stereocenters. The highest BCUT2D eigenvalue weighted by Crippen LogP contribution is 2.22. The van der Waals surface area contributed by atoms with Gasteiger partial charge in [0.1, 0.15) is 11.5 Å². The minimum atomic E-state index is 0.248. The van der Waals surface area contributed by atoms with Gasteiger partial charge >= 0.3 is 0 Å². The van der Waals surface area contributed by atoms with Crippen molar-refractivity contribution in [3.63, 3.8) is 0 Å². The Kier molecular flexibility index (Phi) is 4.84. The van der Waals surface area contributed by atoms with Gasteiger partial charge in [0.25, 0.3) is 0 Å². The second kappa shape index (κ2) is 6.61. The molecule has 2 aromatic rings. The second-order valence-electron chi connectivity index (χ2n) is 4.17. The van der Waals surface area contributed by atoms with Crippen molar-refractivity contribution in [1.29, 1.82) is 0 Å². The van der Waals surface area contributed by atoms with Crippen LogP contribution in [0.25, 0.3) is 11.3 Å². The number of hydrogen-bond acceptors (Lipinski definition) is 4. The van der Waals surface area contributed by atoms with Crippen molar-refractivity contribution in [2.24, 2.45) is 0 Å². The average molecular weight is 263 g/mol. The highest BCUT2D eigenvalue weighted by molar-refractivity contribution is 7.98. The molecule has 2 rings (SSSR count). The summed E-state index contributed by atoms with van der Waals surface area (Å²) in [6, 6.07) is 10.2. The summed E-state index contributed by atoms with van der Waals surface area (Å²) in [7, 11) is 0. The van der Waals surface area contributed by atoms with Crippen molar-refractivity contribution >= 4 is 11.8 Å². The summed E-state index contributed by atoms with van der Waals surface area (Å²) < 4.78 is 5.30. The molecule has 0 aliphatic rings. The van der Waals surface area contributed by atoms with Crippen LogP contribution in [-0.4, -0.2) is 22.6 Å². The van der Waals surface area contributed by atoms with Crippen LogP contribution in [0.5, 0.6) is 0 Å². The number of nitrogens with zero attached hydrogens (tertiary/aromatic N) is 1. The maximum Gasteiger partial charge on any atom is 0.147 e. The normalized spacial score (nSPS) is 10.8. The summed E-state index contributed by atoms with van der Waals surface area (Å²) in [5.74, 6) is 2.63. The number of benzene rings is 1. The van der Waals surface area contributed by atoms with Crippen LogP contribution in [0.15, 0.2) is 34.9 Å². The van der Waals surface area contributed by atoms with E-state index in [1.807, 2.05) is 6.07 Å². The molecule has 18 heavy (non-hydrogen) atoms. The molecule has 0 aliphatic carbocycles. The highest BCUT2D eigenvalue weighted by Gasteiger charge is 2.06. The van der Waals surface area contributed by atoms with E-state index in [0.717, 1.165) is 34.9 Å². The van der Waals surface area contributed by atoms with Gasteiger partial charge in [-0.2, -0.15) is 11.8 Å². The second-order valence-corrected chi connectivity index (χ2v) is 5.28. The standard InChI is InChI=1S/C14H17NO2S/c1-11-3-5-12(6-4-11)14-9-13(17-15-14)10-18-8-2-7-16/h3-6,9,16H,2,7-8,10H2,1H3. The monoisotopic (exact) mass is 263 g/mol. The van der Waals surface area contributed by atoms with Crippen LogP contribution in [0.3, 0.4) is 0 Å². The largest absolute Gasteiger partial charge is 0.396 e. The maximum absolute atomic E-state index is 8.69. The molecule has 0 aliphatic heterocycles. The zero-order valence-electron chi connectivity index (χ0n) is 10.4. The van der Waals surface area contributed by atoms with Gasteiger partial charge in [-0.25, -0.2) is 0 Å². The van der Waals surface area contributed by atoms with Crippen molar-refractivity contribution in [2.75, 3.05) is 12.4 Å². The number of aliphatic hydroxyl groups is 1. The zero-order valence-corrected chi connectivity index (χ0v) is 11.2. The number of rotatable bonds is 6. The number of aliphatic hydroxyl groups excluding tert-OH is 1. The summed E-state index contributed by atoms with van der Waals surface area (Å²) in [5, 5.41) is 12.8. The predicted octanol–water partition coefficient (Wildman–Crippen LogP) is 3.27. The molecule has 3 nitrogen and oxygen atoms in total. The van der Waals surface area contributed by atoms with E-state index >= 15 is 0 Å². The number of thioether (sulfide) groups is 1. The van der Waals surface area contributed by atoms with Crippen LogP contribution in [-0.2, 0) is 5.75 Å². The van der Waals surface area contributed by atoms with Crippen molar-refractivity contribution in [2.45, 2.75) is 19.1 Å². The molecular formula is C14H17NO2S. The minimum absolute atomic E-state index is 0.248. The molecule has 0 spiro atoms. The fourth-order valence-corrected chi connectivity index (χ4v) is 2.40. The fourth-order valence-electron chi connectivity index (χ4n) is 1.58. The molecule has 1 N–H and O–H groups in total. The summed E-state index contributed by atoms with van der Waals surface area (Å²) in [5.41, 5.74) is 3.20. The molecule has 96 valence electrons. The van der Waals surface area contributed by atoms with Gasteiger partial charge in [0, 0.05) is 18.2 Å². The quantitative estimate of drug-likeness (QED) is 0.813. The van der Waals surface area contributed by atoms with Gasteiger partial charge in [-0.15, -0.1) is 0 Å². The Balaban J connectivity index is 1.95. The van der Waals surface area contributed by atoms with Gasteiger partial charge in [-0.3, -0.25) is 0 Å². The van der Waals surface area contributed by atoms with E-state index < -0.39 is 0 Å². The number of aryl methyl sites for hydroxylation is 1. The van der Waals surface area contributed by atoms with Crippen LogP contribution in [0.1, 0.15) is 17.7 Å². The van der Waals surface area contributed by atoms with Gasteiger partial charge in [0.05, 0.1) is 5.75 Å². The minimum Gasteiger partial charge on any atom is -0.396 e. The van der Waals surface area contributed by atoms with E-state index in [1.54, 1.807) is 11.8 Å². The molecule has 1 aromatic carbocycles. The summed E-state index contributed by atoms with van der Waals surface area (Å²) in [4.78, 5) is 0. The van der Waals surface area contributed by atoms with Gasteiger partial charge < -0.3 is 9.63 Å². The average Bonchev–Trinajstić information content (AvgIpc) is 2.84. The molecule has 4 heteroatoms. The molecule has 1 aromatic heterocycles. The van der Waals surface area contributed by atoms with E-state index in [-0.39, 0.29) is 6.61 Å². The molecule has 0 saturated carbocycles. The van der Waals surface area contributed by atoms with Gasteiger partial charge in [-0.05, 0) is 19.1 Å². The van der Waals surface area contributed by atoms with Crippen LogP contribution in [0, 0.1) is 6.92 Å².